The van der Waals surface area contributed by atoms with Crippen molar-refractivity contribution in [3.8, 4) is 0 Å². The first-order chi connectivity index (χ1) is 8.16. The van der Waals surface area contributed by atoms with E-state index in [0.29, 0.717) is 5.56 Å². The van der Waals surface area contributed by atoms with Gasteiger partial charge in [0.1, 0.15) is 6.54 Å². The Bertz CT molecular complexity index is 403. The highest BCUT2D eigenvalue weighted by atomic mass is 16.5. The Morgan fingerprint density at radius 2 is 2.18 bits per heavy atom. The number of hydrogen-bond acceptors (Lipinski definition) is 2. The van der Waals surface area contributed by atoms with Crippen LogP contribution >= 0.6 is 0 Å². The molecule has 0 saturated carbocycles. The summed E-state index contributed by atoms with van der Waals surface area (Å²) >= 11 is 0. The molecule has 0 aliphatic carbocycles. The zero-order chi connectivity index (χ0) is 12.3. The summed E-state index contributed by atoms with van der Waals surface area (Å²) in [6.45, 7) is 4.05. The Balaban J connectivity index is 1.99. The molecule has 1 fully saturated rings. The van der Waals surface area contributed by atoms with Gasteiger partial charge in [-0.2, -0.15) is 0 Å². The molecule has 1 N–H and O–H groups in total. The second-order valence-corrected chi connectivity index (χ2v) is 4.90. The van der Waals surface area contributed by atoms with Gasteiger partial charge in [0.25, 0.3) is 0 Å². The number of aryl methyl sites for hydroxylation is 1. The van der Waals surface area contributed by atoms with E-state index in [9.17, 15) is 4.79 Å². The highest BCUT2D eigenvalue weighted by molar-refractivity contribution is 5.91. The number of quaternary nitrogens is 1. The lowest BCUT2D eigenvalue weighted by Gasteiger charge is -2.26. The summed E-state index contributed by atoms with van der Waals surface area (Å²) in [5, 5.41) is 0. The lowest BCUT2D eigenvalue weighted by Crippen LogP contribution is -3.11. The molecule has 0 spiro atoms. The fourth-order valence-corrected chi connectivity index (χ4v) is 2.34. The summed E-state index contributed by atoms with van der Waals surface area (Å²) < 4.78 is 5.57. The van der Waals surface area contributed by atoms with Gasteiger partial charge in [0, 0.05) is 6.42 Å². The van der Waals surface area contributed by atoms with Crippen LogP contribution in [0.15, 0.2) is 24.3 Å². The molecule has 1 heterocycles. The molecule has 17 heavy (non-hydrogen) atoms. The average Bonchev–Trinajstić information content (AvgIpc) is 2.29. The average molecular weight is 234 g/mol. The first-order valence-electron chi connectivity index (χ1n) is 6.24. The van der Waals surface area contributed by atoms with E-state index in [1.165, 1.54) is 11.4 Å². The molecule has 0 radical (unpaired) electrons. The molecule has 1 aliphatic rings. The van der Waals surface area contributed by atoms with Gasteiger partial charge in [-0.25, -0.2) is 4.79 Å². The van der Waals surface area contributed by atoms with Crippen LogP contribution in [0.3, 0.4) is 0 Å². The number of carbonyl (C=O) groups is 1. The number of rotatable bonds is 2. The molecular weight excluding hydrogens is 214 g/mol. The van der Waals surface area contributed by atoms with E-state index < -0.39 is 0 Å². The number of ether oxygens (including phenoxy) is 1. The molecular formula is C14H20NO2+. The van der Waals surface area contributed by atoms with Gasteiger partial charge < -0.3 is 9.64 Å². The SMILES string of the molecule is Cc1ccccc1C(=O)O[C@H]1CCC[NH+](C)C1. The van der Waals surface area contributed by atoms with Crippen molar-refractivity contribution >= 4 is 5.97 Å². The van der Waals surface area contributed by atoms with Crippen molar-refractivity contribution < 1.29 is 14.4 Å². The van der Waals surface area contributed by atoms with E-state index in [1.54, 1.807) is 0 Å². The molecule has 1 aromatic carbocycles. The molecule has 92 valence electrons. The van der Waals surface area contributed by atoms with E-state index >= 15 is 0 Å². The Morgan fingerprint density at radius 3 is 2.88 bits per heavy atom. The zero-order valence-electron chi connectivity index (χ0n) is 10.5. The summed E-state index contributed by atoms with van der Waals surface area (Å²) in [4.78, 5) is 13.5. The molecule has 3 nitrogen and oxygen atoms in total. The Morgan fingerprint density at radius 1 is 1.41 bits per heavy atom. The van der Waals surface area contributed by atoms with Crippen LogP contribution in [0.4, 0.5) is 0 Å². The maximum atomic E-state index is 12.0. The molecule has 1 unspecified atom stereocenters. The number of nitrogens with one attached hydrogen (secondary N) is 1. The first kappa shape index (κ1) is 12.1. The van der Waals surface area contributed by atoms with E-state index in [-0.39, 0.29) is 12.1 Å². The van der Waals surface area contributed by atoms with Crippen LogP contribution in [0.5, 0.6) is 0 Å². The molecule has 2 rings (SSSR count). The minimum atomic E-state index is -0.178. The summed E-state index contributed by atoms with van der Waals surface area (Å²) in [5.41, 5.74) is 1.67. The molecule has 1 aromatic rings. The fourth-order valence-electron chi connectivity index (χ4n) is 2.34. The molecule has 1 saturated heterocycles. The minimum Gasteiger partial charge on any atom is -0.453 e. The lowest BCUT2D eigenvalue weighted by molar-refractivity contribution is -0.888. The predicted octanol–water partition coefficient (Wildman–Crippen LogP) is 0.829. The molecule has 3 heteroatoms. The number of benzene rings is 1. The van der Waals surface area contributed by atoms with Gasteiger partial charge in [-0.3, -0.25) is 0 Å². The number of likely N-dealkylation sites (N-methyl/N-ethyl adjacent to an activating group) is 1. The third-order valence-electron chi connectivity index (χ3n) is 3.34. The normalized spacial score (nSPS) is 24.4. The van der Waals surface area contributed by atoms with Crippen LogP contribution < -0.4 is 4.90 Å². The van der Waals surface area contributed by atoms with E-state index in [1.807, 2.05) is 31.2 Å². The molecule has 0 aromatic heterocycles. The quantitative estimate of drug-likeness (QED) is 0.768. The van der Waals surface area contributed by atoms with Crippen molar-refractivity contribution in [1.82, 2.24) is 0 Å². The standard InChI is InChI=1S/C14H19NO2/c1-11-6-3-4-8-13(11)14(16)17-12-7-5-9-15(2)10-12/h3-4,6,8,12H,5,7,9-10H2,1-2H3/p+1/t12-/m0/s1. The molecule has 0 bridgehead atoms. The van der Waals surface area contributed by atoms with E-state index in [0.717, 1.165) is 24.9 Å². The van der Waals surface area contributed by atoms with Crippen molar-refractivity contribution in [2.24, 2.45) is 0 Å². The summed E-state index contributed by atoms with van der Waals surface area (Å²) in [5.74, 6) is -0.178. The third-order valence-corrected chi connectivity index (χ3v) is 3.34. The van der Waals surface area contributed by atoms with Gasteiger partial charge in [0.2, 0.25) is 0 Å². The predicted molar refractivity (Wildman–Crippen MR) is 66.2 cm³/mol. The van der Waals surface area contributed by atoms with Gasteiger partial charge in [0.15, 0.2) is 6.10 Å². The lowest BCUT2D eigenvalue weighted by atomic mass is 10.1. The fraction of sp³-hybridized carbons (Fsp3) is 0.500. The summed E-state index contributed by atoms with van der Waals surface area (Å²) in [7, 11) is 2.15. The van der Waals surface area contributed by atoms with Gasteiger partial charge in [-0.05, 0) is 25.0 Å². The Hall–Kier alpha value is -1.35. The monoisotopic (exact) mass is 234 g/mol. The Kier molecular flexibility index (Phi) is 3.79. The van der Waals surface area contributed by atoms with Crippen LogP contribution in [0.25, 0.3) is 0 Å². The van der Waals surface area contributed by atoms with Crippen molar-refractivity contribution in [3.05, 3.63) is 35.4 Å². The Labute approximate surface area is 102 Å². The van der Waals surface area contributed by atoms with Crippen LogP contribution in [0.2, 0.25) is 0 Å². The second kappa shape index (κ2) is 5.32. The highest BCUT2D eigenvalue weighted by Crippen LogP contribution is 2.12. The van der Waals surface area contributed by atoms with Gasteiger partial charge >= 0.3 is 5.97 Å². The maximum absolute atomic E-state index is 12.0. The van der Waals surface area contributed by atoms with Crippen molar-refractivity contribution in [3.63, 3.8) is 0 Å². The molecule has 0 amide bonds. The van der Waals surface area contributed by atoms with E-state index in [2.05, 4.69) is 7.05 Å². The minimum absolute atomic E-state index is 0.0795. The number of likely N-dealkylation sites (tertiary alicyclic amines) is 1. The topological polar surface area (TPSA) is 30.7 Å². The third kappa shape index (κ3) is 3.07. The first-order valence-corrected chi connectivity index (χ1v) is 6.24. The number of hydrogen-bond donors (Lipinski definition) is 1. The second-order valence-electron chi connectivity index (χ2n) is 4.90. The van der Waals surface area contributed by atoms with Crippen LogP contribution in [0, 0.1) is 6.92 Å². The zero-order valence-corrected chi connectivity index (χ0v) is 10.5. The maximum Gasteiger partial charge on any atom is 0.338 e. The van der Waals surface area contributed by atoms with Crippen molar-refractivity contribution in [2.45, 2.75) is 25.9 Å². The van der Waals surface area contributed by atoms with Crippen molar-refractivity contribution in [2.75, 3.05) is 20.1 Å². The van der Waals surface area contributed by atoms with Gasteiger partial charge in [-0.15, -0.1) is 0 Å². The van der Waals surface area contributed by atoms with Crippen LogP contribution in [-0.4, -0.2) is 32.2 Å². The molecule has 2 atom stereocenters. The van der Waals surface area contributed by atoms with Crippen LogP contribution in [-0.2, 0) is 4.74 Å². The number of esters is 1. The summed E-state index contributed by atoms with van der Waals surface area (Å²) in [6.07, 6.45) is 2.21. The van der Waals surface area contributed by atoms with Crippen LogP contribution in [0.1, 0.15) is 28.8 Å². The number of carbonyl (C=O) groups excluding carboxylic acids is 1. The molecule has 1 aliphatic heterocycles. The number of piperidine rings is 1. The van der Waals surface area contributed by atoms with Gasteiger partial charge in [-0.1, -0.05) is 18.2 Å². The van der Waals surface area contributed by atoms with Gasteiger partial charge in [0.05, 0.1) is 19.2 Å². The smallest absolute Gasteiger partial charge is 0.338 e. The van der Waals surface area contributed by atoms with E-state index in [4.69, 9.17) is 4.74 Å². The largest absolute Gasteiger partial charge is 0.453 e. The highest BCUT2D eigenvalue weighted by Gasteiger charge is 2.24. The summed E-state index contributed by atoms with van der Waals surface area (Å²) in [6, 6.07) is 7.58. The van der Waals surface area contributed by atoms with Crippen molar-refractivity contribution in [1.29, 1.82) is 0 Å².